The molecule has 2 rings (SSSR count). The molecule has 0 spiro atoms. The lowest BCUT2D eigenvalue weighted by molar-refractivity contribution is -0.120. The van der Waals surface area contributed by atoms with E-state index >= 15 is 0 Å². The lowest BCUT2D eigenvalue weighted by atomic mass is 9.97. The molecule has 1 saturated heterocycles. The van der Waals surface area contributed by atoms with Crippen molar-refractivity contribution in [2.45, 2.75) is 6.92 Å². The normalized spacial score (nSPS) is 22.8. The van der Waals surface area contributed by atoms with Gasteiger partial charge in [0.1, 0.15) is 5.75 Å². The molecule has 5 heteroatoms. The number of benzene rings is 1. The van der Waals surface area contributed by atoms with Gasteiger partial charge in [-0.1, -0.05) is 6.92 Å². The molecule has 2 unspecified atom stereocenters. The van der Waals surface area contributed by atoms with Gasteiger partial charge in [0.15, 0.2) is 0 Å². The van der Waals surface area contributed by atoms with E-state index in [-0.39, 0.29) is 11.8 Å². The molecule has 1 aliphatic heterocycles. The summed E-state index contributed by atoms with van der Waals surface area (Å²) in [6, 6.07) is 5.54. The van der Waals surface area contributed by atoms with E-state index in [1.807, 2.05) is 18.2 Å². The van der Waals surface area contributed by atoms with Crippen molar-refractivity contribution in [3.63, 3.8) is 0 Å². The molecule has 4 nitrogen and oxygen atoms in total. The topological polar surface area (TPSA) is 50.4 Å². The first kappa shape index (κ1) is 13.4. The van der Waals surface area contributed by atoms with Gasteiger partial charge in [-0.15, -0.1) is 0 Å². The third kappa shape index (κ3) is 2.84. The number of anilines is 1. The van der Waals surface area contributed by atoms with Crippen molar-refractivity contribution < 1.29 is 9.53 Å². The maximum Gasteiger partial charge on any atom is 0.229 e. The molecule has 0 aliphatic carbocycles. The molecular formula is C13H17BrN2O2. The lowest BCUT2D eigenvalue weighted by Crippen LogP contribution is -2.27. The average molecular weight is 313 g/mol. The van der Waals surface area contributed by atoms with Gasteiger partial charge in [0.05, 0.1) is 17.5 Å². The van der Waals surface area contributed by atoms with E-state index in [9.17, 15) is 4.79 Å². The Hall–Kier alpha value is -1.07. The zero-order chi connectivity index (χ0) is 13.1. The standard InChI is InChI=1S/C13H17BrN2O2/c1-8-6-15-7-10(8)13(17)16-9-3-4-11(14)12(5-9)18-2/h3-5,8,10,15H,6-7H2,1-2H3,(H,16,17). The van der Waals surface area contributed by atoms with Crippen LogP contribution in [0, 0.1) is 11.8 Å². The minimum atomic E-state index is 0.0413. The van der Waals surface area contributed by atoms with E-state index in [0.29, 0.717) is 11.7 Å². The summed E-state index contributed by atoms with van der Waals surface area (Å²) in [5.74, 6) is 1.20. The van der Waals surface area contributed by atoms with Crippen molar-refractivity contribution >= 4 is 27.5 Å². The van der Waals surface area contributed by atoms with E-state index in [1.165, 1.54) is 0 Å². The van der Waals surface area contributed by atoms with Gasteiger partial charge in [-0.2, -0.15) is 0 Å². The number of halogens is 1. The summed E-state index contributed by atoms with van der Waals surface area (Å²) in [7, 11) is 1.61. The third-order valence-electron chi connectivity index (χ3n) is 3.27. The Balaban J connectivity index is 2.07. The number of methoxy groups -OCH3 is 1. The second-order valence-electron chi connectivity index (χ2n) is 4.58. The van der Waals surface area contributed by atoms with E-state index in [2.05, 4.69) is 33.5 Å². The maximum atomic E-state index is 12.1. The van der Waals surface area contributed by atoms with Crippen LogP contribution in [0.5, 0.6) is 5.75 Å². The maximum absolute atomic E-state index is 12.1. The van der Waals surface area contributed by atoms with Crippen LogP contribution in [0.4, 0.5) is 5.69 Å². The summed E-state index contributed by atoms with van der Waals surface area (Å²) in [5.41, 5.74) is 0.763. The summed E-state index contributed by atoms with van der Waals surface area (Å²) in [5, 5.41) is 6.16. The summed E-state index contributed by atoms with van der Waals surface area (Å²) >= 11 is 3.38. The Morgan fingerprint density at radius 1 is 1.50 bits per heavy atom. The Bertz CT molecular complexity index is 451. The number of carbonyl (C=O) groups excluding carboxylic acids is 1. The largest absolute Gasteiger partial charge is 0.495 e. The van der Waals surface area contributed by atoms with Crippen molar-refractivity contribution in [1.29, 1.82) is 0 Å². The molecule has 1 aliphatic rings. The van der Waals surface area contributed by atoms with E-state index in [4.69, 9.17) is 4.74 Å². The van der Waals surface area contributed by atoms with Crippen molar-refractivity contribution in [3.8, 4) is 5.75 Å². The molecule has 1 aromatic rings. The highest BCUT2D eigenvalue weighted by Gasteiger charge is 2.29. The highest BCUT2D eigenvalue weighted by molar-refractivity contribution is 9.10. The van der Waals surface area contributed by atoms with Gasteiger partial charge in [-0.3, -0.25) is 4.79 Å². The van der Waals surface area contributed by atoms with E-state index < -0.39 is 0 Å². The Kier molecular flexibility index (Phi) is 4.24. The van der Waals surface area contributed by atoms with E-state index in [0.717, 1.165) is 23.2 Å². The molecule has 0 radical (unpaired) electrons. The van der Waals surface area contributed by atoms with Crippen LogP contribution >= 0.6 is 15.9 Å². The van der Waals surface area contributed by atoms with Crippen LogP contribution < -0.4 is 15.4 Å². The molecule has 1 heterocycles. The molecule has 0 bridgehead atoms. The Morgan fingerprint density at radius 2 is 2.28 bits per heavy atom. The van der Waals surface area contributed by atoms with Gasteiger partial charge in [0.2, 0.25) is 5.91 Å². The number of nitrogens with one attached hydrogen (secondary N) is 2. The zero-order valence-corrected chi connectivity index (χ0v) is 12.1. The number of ether oxygens (including phenoxy) is 1. The van der Waals surface area contributed by atoms with Gasteiger partial charge < -0.3 is 15.4 Å². The first-order valence-electron chi connectivity index (χ1n) is 5.97. The SMILES string of the molecule is COc1cc(NC(=O)C2CNCC2C)ccc1Br. The van der Waals surface area contributed by atoms with Crippen LogP contribution in [0.25, 0.3) is 0 Å². The minimum Gasteiger partial charge on any atom is -0.495 e. The Morgan fingerprint density at radius 3 is 2.89 bits per heavy atom. The van der Waals surface area contributed by atoms with Crippen molar-refractivity contribution in [1.82, 2.24) is 5.32 Å². The van der Waals surface area contributed by atoms with Crippen LogP contribution in [0.2, 0.25) is 0 Å². The second-order valence-corrected chi connectivity index (χ2v) is 5.43. The molecule has 2 N–H and O–H groups in total. The first-order valence-corrected chi connectivity index (χ1v) is 6.76. The monoisotopic (exact) mass is 312 g/mol. The molecule has 1 aromatic carbocycles. The molecule has 0 aromatic heterocycles. The van der Waals surface area contributed by atoms with Gasteiger partial charge in [0, 0.05) is 18.3 Å². The van der Waals surface area contributed by atoms with Gasteiger partial charge in [-0.05, 0) is 40.5 Å². The third-order valence-corrected chi connectivity index (χ3v) is 3.93. The molecular weight excluding hydrogens is 296 g/mol. The highest BCUT2D eigenvalue weighted by atomic mass is 79.9. The van der Waals surface area contributed by atoms with E-state index in [1.54, 1.807) is 7.11 Å². The summed E-state index contributed by atoms with van der Waals surface area (Å²) in [6.45, 7) is 3.74. The predicted molar refractivity (Wildman–Crippen MR) is 74.8 cm³/mol. The zero-order valence-electron chi connectivity index (χ0n) is 10.5. The summed E-state index contributed by atoms with van der Waals surface area (Å²) in [4.78, 5) is 12.1. The molecule has 2 atom stereocenters. The molecule has 18 heavy (non-hydrogen) atoms. The Labute approximate surface area is 115 Å². The van der Waals surface area contributed by atoms with Crippen LogP contribution in [-0.4, -0.2) is 26.1 Å². The van der Waals surface area contributed by atoms with Gasteiger partial charge >= 0.3 is 0 Å². The number of hydrogen-bond acceptors (Lipinski definition) is 3. The number of hydrogen-bond donors (Lipinski definition) is 2. The second kappa shape index (κ2) is 5.71. The van der Waals surface area contributed by atoms with Gasteiger partial charge in [0.25, 0.3) is 0 Å². The fraction of sp³-hybridized carbons (Fsp3) is 0.462. The van der Waals surface area contributed by atoms with Crippen LogP contribution in [0.1, 0.15) is 6.92 Å². The fourth-order valence-electron chi connectivity index (χ4n) is 2.13. The first-order chi connectivity index (χ1) is 8.61. The highest BCUT2D eigenvalue weighted by Crippen LogP contribution is 2.28. The molecule has 0 saturated carbocycles. The average Bonchev–Trinajstić information content (AvgIpc) is 2.78. The fourth-order valence-corrected chi connectivity index (χ4v) is 2.54. The molecule has 98 valence electrons. The minimum absolute atomic E-state index is 0.0413. The smallest absolute Gasteiger partial charge is 0.229 e. The molecule has 1 amide bonds. The van der Waals surface area contributed by atoms with Gasteiger partial charge in [-0.25, -0.2) is 0 Å². The van der Waals surface area contributed by atoms with Crippen molar-refractivity contribution in [3.05, 3.63) is 22.7 Å². The predicted octanol–water partition coefficient (Wildman–Crippen LogP) is 2.25. The quantitative estimate of drug-likeness (QED) is 0.900. The van der Waals surface area contributed by atoms with Crippen LogP contribution in [0.15, 0.2) is 22.7 Å². The van der Waals surface area contributed by atoms with Crippen molar-refractivity contribution in [2.75, 3.05) is 25.5 Å². The molecule has 1 fully saturated rings. The lowest BCUT2D eigenvalue weighted by Gasteiger charge is -2.15. The number of rotatable bonds is 3. The van der Waals surface area contributed by atoms with Crippen LogP contribution in [0.3, 0.4) is 0 Å². The number of amides is 1. The van der Waals surface area contributed by atoms with Crippen LogP contribution in [-0.2, 0) is 4.79 Å². The van der Waals surface area contributed by atoms with Crippen molar-refractivity contribution in [2.24, 2.45) is 11.8 Å². The number of carbonyl (C=O) groups is 1. The summed E-state index contributed by atoms with van der Waals surface area (Å²) in [6.07, 6.45) is 0. The summed E-state index contributed by atoms with van der Waals surface area (Å²) < 4.78 is 6.08.